The van der Waals surface area contributed by atoms with E-state index in [9.17, 15) is 5.11 Å². The van der Waals surface area contributed by atoms with Crippen molar-refractivity contribution < 1.29 is 5.11 Å². The summed E-state index contributed by atoms with van der Waals surface area (Å²) in [5, 5.41) is 20.9. The highest BCUT2D eigenvalue weighted by Crippen LogP contribution is 2.18. The summed E-state index contributed by atoms with van der Waals surface area (Å²) < 4.78 is 2.05. The van der Waals surface area contributed by atoms with E-state index in [1.54, 1.807) is 6.33 Å². The highest BCUT2D eigenvalue weighted by molar-refractivity contribution is 4.86. The van der Waals surface area contributed by atoms with Crippen molar-refractivity contribution in [3.63, 3.8) is 0 Å². The summed E-state index contributed by atoms with van der Waals surface area (Å²) in [6.07, 6.45) is 5.62. The van der Waals surface area contributed by atoms with Crippen LogP contribution in [0, 0.1) is 0 Å². The second-order valence-electron chi connectivity index (χ2n) is 4.42. The van der Waals surface area contributed by atoms with Gasteiger partial charge in [0.15, 0.2) is 0 Å². The maximum absolute atomic E-state index is 9.41. The van der Waals surface area contributed by atoms with Gasteiger partial charge in [0.25, 0.3) is 0 Å². The molecular weight excluding hydrogens is 204 g/mol. The number of rotatable bonds is 4. The van der Waals surface area contributed by atoms with Gasteiger partial charge in [-0.15, -0.1) is 10.2 Å². The van der Waals surface area contributed by atoms with Crippen molar-refractivity contribution in [3.05, 3.63) is 12.2 Å². The quantitative estimate of drug-likeness (QED) is 0.790. The molecule has 1 aromatic heterocycles. The molecule has 90 valence electrons. The van der Waals surface area contributed by atoms with Crippen molar-refractivity contribution in [1.29, 1.82) is 0 Å². The number of aliphatic hydroxyl groups excluding tert-OH is 1. The highest BCUT2D eigenvalue weighted by atomic mass is 16.3. The molecule has 1 saturated carbocycles. The van der Waals surface area contributed by atoms with E-state index >= 15 is 0 Å². The predicted molar refractivity (Wildman–Crippen MR) is 60.8 cm³/mol. The Labute approximate surface area is 95.9 Å². The van der Waals surface area contributed by atoms with Crippen LogP contribution in [0.15, 0.2) is 6.33 Å². The second kappa shape index (κ2) is 5.41. The Kier molecular flexibility index (Phi) is 3.90. The van der Waals surface area contributed by atoms with Gasteiger partial charge in [0.05, 0.1) is 12.6 Å². The van der Waals surface area contributed by atoms with Gasteiger partial charge in [-0.3, -0.25) is 0 Å². The first-order chi connectivity index (χ1) is 7.79. The molecule has 0 atom stereocenters. The largest absolute Gasteiger partial charge is 0.393 e. The molecule has 0 aromatic carbocycles. The normalized spacial score (nSPS) is 25.9. The zero-order chi connectivity index (χ0) is 11.4. The summed E-state index contributed by atoms with van der Waals surface area (Å²) in [5.41, 5.74) is 0. The van der Waals surface area contributed by atoms with Crippen molar-refractivity contribution in [2.24, 2.45) is 0 Å². The lowest BCUT2D eigenvalue weighted by atomic mass is 9.93. The number of hydrogen-bond donors (Lipinski definition) is 2. The number of aliphatic hydroxyl groups is 1. The van der Waals surface area contributed by atoms with E-state index in [2.05, 4.69) is 22.4 Å². The average Bonchev–Trinajstić information content (AvgIpc) is 2.76. The first-order valence-corrected chi connectivity index (χ1v) is 6.07. The maximum Gasteiger partial charge on any atom is 0.146 e. The van der Waals surface area contributed by atoms with Crippen LogP contribution < -0.4 is 5.32 Å². The zero-order valence-corrected chi connectivity index (χ0v) is 9.76. The fraction of sp³-hybridized carbons (Fsp3) is 0.818. The minimum absolute atomic E-state index is 0.0858. The first kappa shape index (κ1) is 11.5. The van der Waals surface area contributed by atoms with Crippen LogP contribution in [-0.4, -0.2) is 32.0 Å². The van der Waals surface area contributed by atoms with Crippen LogP contribution in [-0.2, 0) is 13.1 Å². The van der Waals surface area contributed by atoms with Crippen LogP contribution in [0.5, 0.6) is 0 Å². The number of nitrogens with one attached hydrogen (secondary N) is 1. The molecule has 2 rings (SSSR count). The number of aryl methyl sites for hydroxylation is 1. The predicted octanol–water partition coefficient (Wildman–Crippen LogP) is 0.691. The minimum atomic E-state index is -0.0858. The summed E-state index contributed by atoms with van der Waals surface area (Å²) >= 11 is 0. The van der Waals surface area contributed by atoms with E-state index in [4.69, 9.17) is 0 Å². The zero-order valence-electron chi connectivity index (χ0n) is 9.76. The molecule has 0 amide bonds. The van der Waals surface area contributed by atoms with Gasteiger partial charge in [-0.25, -0.2) is 0 Å². The lowest BCUT2D eigenvalue weighted by molar-refractivity contribution is 0.116. The van der Waals surface area contributed by atoms with E-state index in [0.717, 1.165) is 44.6 Å². The smallest absolute Gasteiger partial charge is 0.146 e. The van der Waals surface area contributed by atoms with Gasteiger partial charge in [0.1, 0.15) is 12.2 Å². The van der Waals surface area contributed by atoms with Crippen molar-refractivity contribution >= 4 is 0 Å². The molecule has 16 heavy (non-hydrogen) atoms. The van der Waals surface area contributed by atoms with Crippen LogP contribution >= 0.6 is 0 Å². The Balaban J connectivity index is 1.79. The van der Waals surface area contributed by atoms with Gasteiger partial charge in [0, 0.05) is 12.6 Å². The summed E-state index contributed by atoms with van der Waals surface area (Å²) in [5.74, 6) is 0.994. The number of nitrogens with zero attached hydrogens (tertiary/aromatic N) is 3. The Morgan fingerprint density at radius 1 is 1.44 bits per heavy atom. The van der Waals surface area contributed by atoms with Crippen LogP contribution in [0.25, 0.3) is 0 Å². The third kappa shape index (κ3) is 2.80. The lowest BCUT2D eigenvalue weighted by Gasteiger charge is -2.26. The molecule has 1 fully saturated rings. The minimum Gasteiger partial charge on any atom is -0.393 e. The lowest BCUT2D eigenvalue weighted by Crippen LogP contribution is -2.34. The Hall–Kier alpha value is -0.940. The van der Waals surface area contributed by atoms with E-state index in [1.807, 2.05) is 4.57 Å². The third-order valence-corrected chi connectivity index (χ3v) is 3.28. The number of hydrogen-bond acceptors (Lipinski definition) is 4. The average molecular weight is 224 g/mol. The molecule has 0 aliphatic heterocycles. The molecule has 0 saturated heterocycles. The number of aromatic nitrogens is 3. The maximum atomic E-state index is 9.41. The molecule has 2 N–H and O–H groups in total. The topological polar surface area (TPSA) is 63.0 Å². The van der Waals surface area contributed by atoms with Crippen LogP contribution in [0.2, 0.25) is 0 Å². The SMILES string of the molecule is CCn1cnnc1CNC1CCC(O)CC1. The molecular formula is C11H20N4O. The third-order valence-electron chi connectivity index (χ3n) is 3.28. The molecule has 1 aromatic rings. The Morgan fingerprint density at radius 3 is 2.88 bits per heavy atom. The second-order valence-corrected chi connectivity index (χ2v) is 4.42. The van der Waals surface area contributed by atoms with E-state index in [-0.39, 0.29) is 6.10 Å². The Bertz CT molecular complexity index is 318. The molecule has 0 unspecified atom stereocenters. The molecule has 1 aliphatic rings. The monoisotopic (exact) mass is 224 g/mol. The summed E-state index contributed by atoms with van der Waals surface area (Å²) in [6, 6.07) is 0.519. The van der Waals surface area contributed by atoms with Gasteiger partial charge in [-0.05, 0) is 32.6 Å². The molecule has 5 nitrogen and oxygen atoms in total. The van der Waals surface area contributed by atoms with Gasteiger partial charge in [-0.2, -0.15) is 0 Å². The molecule has 1 heterocycles. The van der Waals surface area contributed by atoms with Crippen LogP contribution in [0.1, 0.15) is 38.4 Å². The standard InChI is InChI=1S/C11H20N4O/c1-2-15-8-13-14-11(15)7-12-9-3-5-10(16)6-4-9/h8-10,12,16H,2-7H2,1H3. The molecule has 5 heteroatoms. The van der Waals surface area contributed by atoms with Gasteiger partial charge < -0.3 is 15.0 Å². The van der Waals surface area contributed by atoms with E-state index < -0.39 is 0 Å². The Morgan fingerprint density at radius 2 is 2.19 bits per heavy atom. The van der Waals surface area contributed by atoms with Gasteiger partial charge in [-0.1, -0.05) is 0 Å². The fourth-order valence-corrected chi connectivity index (χ4v) is 2.20. The van der Waals surface area contributed by atoms with E-state index in [1.165, 1.54) is 0 Å². The molecule has 0 bridgehead atoms. The van der Waals surface area contributed by atoms with Crippen molar-refractivity contribution in [2.75, 3.05) is 0 Å². The highest BCUT2D eigenvalue weighted by Gasteiger charge is 2.19. The molecule has 0 spiro atoms. The fourth-order valence-electron chi connectivity index (χ4n) is 2.20. The van der Waals surface area contributed by atoms with Gasteiger partial charge in [0.2, 0.25) is 0 Å². The van der Waals surface area contributed by atoms with Gasteiger partial charge >= 0.3 is 0 Å². The van der Waals surface area contributed by atoms with Crippen LogP contribution in [0.3, 0.4) is 0 Å². The molecule has 0 radical (unpaired) electrons. The molecule has 1 aliphatic carbocycles. The summed E-state index contributed by atoms with van der Waals surface area (Å²) in [7, 11) is 0. The first-order valence-electron chi connectivity index (χ1n) is 6.07. The van der Waals surface area contributed by atoms with E-state index in [0.29, 0.717) is 6.04 Å². The van der Waals surface area contributed by atoms with Crippen molar-refractivity contribution in [1.82, 2.24) is 20.1 Å². The summed E-state index contributed by atoms with van der Waals surface area (Å²) in [6.45, 7) is 3.77. The van der Waals surface area contributed by atoms with Crippen molar-refractivity contribution in [3.8, 4) is 0 Å². The van der Waals surface area contributed by atoms with Crippen molar-refractivity contribution in [2.45, 2.75) is 57.8 Å². The van der Waals surface area contributed by atoms with Crippen LogP contribution in [0.4, 0.5) is 0 Å². The summed E-state index contributed by atoms with van der Waals surface area (Å²) in [4.78, 5) is 0.